The molecule has 0 fully saturated rings. The molecular formula is C10H23N3O. The fraction of sp³-hybridized carbons (Fsp3) is 0.900. The van der Waals surface area contributed by atoms with Gasteiger partial charge < -0.3 is 10.2 Å². The summed E-state index contributed by atoms with van der Waals surface area (Å²) in [4.78, 5) is 15.2. The summed E-state index contributed by atoms with van der Waals surface area (Å²) in [6.45, 7) is 5.54. The van der Waals surface area contributed by atoms with Crippen LogP contribution in [0.2, 0.25) is 0 Å². The van der Waals surface area contributed by atoms with Crippen LogP contribution in [0.25, 0.3) is 0 Å². The second kappa shape index (κ2) is 7.76. The molecular weight excluding hydrogens is 178 g/mol. The zero-order chi connectivity index (χ0) is 11.0. The Morgan fingerprint density at radius 1 is 1.36 bits per heavy atom. The SMILES string of the molecule is CCN(CCCNC)CC(=O)N(C)C. The molecule has 0 rings (SSSR count). The average molecular weight is 201 g/mol. The van der Waals surface area contributed by atoms with Crippen molar-refractivity contribution in [2.45, 2.75) is 13.3 Å². The van der Waals surface area contributed by atoms with E-state index in [1.54, 1.807) is 19.0 Å². The van der Waals surface area contributed by atoms with Crippen LogP contribution in [0, 0.1) is 0 Å². The van der Waals surface area contributed by atoms with Crippen molar-refractivity contribution in [3.63, 3.8) is 0 Å². The number of carbonyl (C=O) groups is 1. The lowest BCUT2D eigenvalue weighted by molar-refractivity contribution is -0.129. The van der Waals surface area contributed by atoms with Gasteiger partial charge in [0.05, 0.1) is 6.54 Å². The molecule has 0 unspecified atom stereocenters. The molecule has 14 heavy (non-hydrogen) atoms. The molecule has 0 saturated heterocycles. The van der Waals surface area contributed by atoms with Crippen LogP contribution in [-0.2, 0) is 4.79 Å². The van der Waals surface area contributed by atoms with E-state index in [9.17, 15) is 4.79 Å². The molecule has 1 N–H and O–H groups in total. The van der Waals surface area contributed by atoms with E-state index in [1.165, 1.54) is 0 Å². The van der Waals surface area contributed by atoms with Crippen LogP contribution in [0.4, 0.5) is 0 Å². The summed E-state index contributed by atoms with van der Waals surface area (Å²) in [5.74, 6) is 0.177. The third-order valence-corrected chi connectivity index (χ3v) is 2.21. The van der Waals surface area contributed by atoms with E-state index in [0.717, 1.165) is 26.1 Å². The summed E-state index contributed by atoms with van der Waals surface area (Å²) in [6.07, 6.45) is 1.09. The summed E-state index contributed by atoms with van der Waals surface area (Å²) < 4.78 is 0. The summed E-state index contributed by atoms with van der Waals surface area (Å²) in [5.41, 5.74) is 0. The number of rotatable bonds is 7. The lowest BCUT2D eigenvalue weighted by Crippen LogP contribution is -2.37. The third-order valence-electron chi connectivity index (χ3n) is 2.21. The smallest absolute Gasteiger partial charge is 0.236 e. The van der Waals surface area contributed by atoms with Crippen molar-refractivity contribution in [2.24, 2.45) is 0 Å². The molecule has 1 amide bonds. The second-order valence-electron chi connectivity index (χ2n) is 3.61. The molecule has 0 aliphatic carbocycles. The first kappa shape index (κ1) is 13.4. The summed E-state index contributed by atoms with van der Waals surface area (Å²) >= 11 is 0. The largest absolute Gasteiger partial charge is 0.348 e. The Labute approximate surface area is 87.3 Å². The maximum Gasteiger partial charge on any atom is 0.236 e. The van der Waals surface area contributed by atoms with Crippen LogP contribution >= 0.6 is 0 Å². The molecule has 0 atom stereocenters. The van der Waals surface area contributed by atoms with Gasteiger partial charge in [-0.25, -0.2) is 0 Å². The topological polar surface area (TPSA) is 35.6 Å². The second-order valence-corrected chi connectivity index (χ2v) is 3.61. The van der Waals surface area contributed by atoms with Crippen LogP contribution in [0.5, 0.6) is 0 Å². The van der Waals surface area contributed by atoms with Gasteiger partial charge in [-0.3, -0.25) is 9.69 Å². The maximum atomic E-state index is 11.4. The van der Waals surface area contributed by atoms with E-state index < -0.39 is 0 Å². The van der Waals surface area contributed by atoms with Crippen molar-refractivity contribution in [2.75, 3.05) is 47.3 Å². The zero-order valence-corrected chi connectivity index (χ0v) is 9.84. The normalized spacial score (nSPS) is 10.6. The third kappa shape index (κ3) is 5.94. The first-order valence-corrected chi connectivity index (χ1v) is 5.19. The first-order valence-electron chi connectivity index (χ1n) is 5.19. The number of amides is 1. The van der Waals surface area contributed by atoms with Crippen molar-refractivity contribution in [1.82, 2.24) is 15.1 Å². The van der Waals surface area contributed by atoms with Crippen LogP contribution in [-0.4, -0.2) is 63.0 Å². The Kier molecular flexibility index (Phi) is 7.42. The van der Waals surface area contributed by atoms with Crippen LogP contribution in [0.1, 0.15) is 13.3 Å². The quantitative estimate of drug-likeness (QED) is 0.589. The fourth-order valence-electron chi connectivity index (χ4n) is 1.16. The van der Waals surface area contributed by atoms with Gasteiger partial charge in [-0.05, 0) is 33.1 Å². The van der Waals surface area contributed by atoms with Crippen molar-refractivity contribution in [3.8, 4) is 0 Å². The Morgan fingerprint density at radius 2 is 2.00 bits per heavy atom. The number of hydrogen-bond donors (Lipinski definition) is 1. The summed E-state index contributed by atoms with van der Waals surface area (Å²) in [7, 11) is 5.54. The highest BCUT2D eigenvalue weighted by Crippen LogP contribution is 1.92. The fourth-order valence-corrected chi connectivity index (χ4v) is 1.16. The van der Waals surface area contributed by atoms with Crippen LogP contribution in [0.15, 0.2) is 0 Å². The highest BCUT2D eigenvalue weighted by atomic mass is 16.2. The molecule has 84 valence electrons. The molecule has 0 aliphatic heterocycles. The maximum absolute atomic E-state index is 11.4. The van der Waals surface area contributed by atoms with Gasteiger partial charge in [-0.1, -0.05) is 6.92 Å². The van der Waals surface area contributed by atoms with Gasteiger partial charge >= 0.3 is 0 Å². The van der Waals surface area contributed by atoms with Gasteiger partial charge in [0.15, 0.2) is 0 Å². The zero-order valence-electron chi connectivity index (χ0n) is 9.84. The summed E-state index contributed by atoms with van der Waals surface area (Å²) in [6, 6.07) is 0. The van der Waals surface area contributed by atoms with E-state index >= 15 is 0 Å². The van der Waals surface area contributed by atoms with Gasteiger partial charge in [0.1, 0.15) is 0 Å². The van der Waals surface area contributed by atoms with E-state index in [1.807, 2.05) is 7.05 Å². The van der Waals surface area contributed by atoms with Crippen LogP contribution < -0.4 is 5.32 Å². The van der Waals surface area contributed by atoms with E-state index in [2.05, 4.69) is 17.1 Å². The monoisotopic (exact) mass is 201 g/mol. The number of nitrogens with one attached hydrogen (secondary N) is 1. The highest BCUT2D eigenvalue weighted by Gasteiger charge is 2.09. The first-order chi connectivity index (χ1) is 6.61. The molecule has 0 radical (unpaired) electrons. The minimum atomic E-state index is 0.177. The standard InChI is InChI=1S/C10H23N3O/c1-5-13(8-6-7-11-2)9-10(14)12(3)4/h11H,5-9H2,1-4H3. The lowest BCUT2D eigenvalue weighted by Gasteiger charge is -2.21. The Morgan fingerprint density at radius 3 is 2.43 bits per heavy atom. The Bertz CT molecular complexity index is 159. The van der Waals surface area contributed by atoms with Crippen LogP contribution in [0.3, 0.4) is 0 Å². The molecule has 4 nitrogen and oxygen atoms in total. The van der Waals surface area contributed by atoms with E-state index in [-0.39, 0.29) is 5.91 Å². The summed E-state index contributed by atoms with van der Waals surface area (Å²) in [5, 5.41) is 3.10. The van der Waals surface area contributed by atoms with E-state index in [0.29, 0.717) is 6.54 Å². The van der Waals surface area contributed by atoms with Gasteiger partial charge in [-0.15, -0.1) is 0 Å². The van der Waals surface area contributed by atoms with Gasteiger partial charge in [0, 0.05) is 14.1 Å². The number of likely N-dealkylation sites (N-methyl/N-ethyl adjacent to an activating group) is 2. The molecule has 0 spiro atoms. The predicted molar refractivity (Wildman–Crippen MR) is 59.4 cm³/mol. The number of carbonyl (C=O) groups excluding carboxylic acids is 1. The highest BCUT2D eigenvalue weighted by molar-refractivity contribution is 5.77. The van der Waals surface area contributed by atoms with Gasteiger partial charge in [-0.2, -0.15) is 0 Å². The number of nitrogens with zero attached hydrogens (tertiary/aromatic N) is 2. The average Bonchev–Trinajstić information content (AvgIpc) is 2.16. The van der Waals surface area contributed by atoms with E-state index in [4.69, 9.17) is 0 Å². The molecule has 0 aliphatic rings. The molecule has 0 bridgehead atoms. The molecule has 4 heteroatoms. The van der Waals surface area contributed by atoms with Crippen molar-refractivity contribution < 1.29 is 4.79 Å². The molecule has 0 aromatic carbocycles. The van der Waals surface area contributed by atoms with Crippen molar-refractivity contribution >= 4 is 5.91 Å². The van der Waals surface area contributed by atoms with Gasteiger partial charge in [0.25, 0.3) is 0 Å². The minimum Gasteiger partial charge on any atom is -0.348 e. The van der Waals surface area contributed by atoms with Crippen molar-refractivity contribution in [1.29, 1.82) is 0 Å². The number of hydrogen-bond acceptors (Lipinski definition) is 3. The predicted octanol–water partition coefficient (Wildman–Crippen LogP) is 0.00600. The van der Waals surface area contributed by atoms with Crippen molar-refractivity contribution in [3.05, 3.63) is 0 Å². The van der Waals surface area contributed by atoms with Gasteiger partial charge in [0.2, 0.25) is 5.91 Å². The minimum absolute atomic E-state index is 0.177. The molecule has 0 saturated carbocycles. The lowest BCUT2D eigenvalue weighted by atomic mass is 10.3. The molecule has 0 heterocycles. The Hall–Kier alpha value is -0.610. The molecule has 0 aromatic heterocycles. The Balaban J connectivity index is 3.73. The molecule has 0 aromatic rings.